The Bertz CT molecular complexity index is 516. The Morgan fingerprint density at radius 1 is 1.45 bits per heavy atom. The molecule has 1 aliphatic rings. The molecule has 108 valence electrons. The lowest BCUT2D eigenvalue weighted by Gasteiger charge is -2.26. The first-order valence-electron chi connectivity index (χ1n) is 6.52. The second kappa shape index (κ2) is 6.60. The maximum absolute atomic E-state index is 12.3. The maximum Gasteiger partial charge on any atom is 0.293 e. The standard InChI is InChI=1S/C13H17N3O3S/c1-2-14-11-4-3-10(9-12(11)16(18)19)13(17)15-5-7-20-8-6-15/h3-4,9,14H,2,5-8H2,1H3. The average molecular weight is 295 g/mol. The van der Waals surface area contributed by atoms with Crippen molar-refractivity contribution in [1.29, 1.82) is 0 Å². The lowest BCUT2D eigenvalue weighted by atomic mass is 10.1. The molecule has 1 heterocycles. The van der Waals surface area contributed by atoms with E-state index >= 15 is 0 Å². The number of nitro benzene ring substituents is 1. The molecule has 7 heteroatoms. The Hall–Kier alpha value is -1.76. The second-order valence-electron chi connectivity index (χ2n) is 4.42. The summed E-state index contributed by atoms with van der Waals surface area (Å²) >= 11 is 1.82. The minimum atomic E-state index is -0.458. The third-order valence-corrected chi connectivity index (χ3v) is 4.05. The van der Waals surface area contributed by atoms with Crippen LogP contribution in [0.5, 0.6) is 0 Å². The Morgan fingerprint density at radius 2 is 2.15 bits per heavy atom. The normalized spacial score (nSPS) is 14.9. The Morgan fingerprint density at radius 3 is 2.75 bits per heavy atom. The molecule has 0 spiro atoms. The van der Waals surface area contributed by atoms with Crippen LogP contribution in [0.3, 0.4) is 0 Å². The predicted molar refractivity (Wildman–Crippen MR) is 80.5 cm³/mol. The Kier molecular flexibility index (Phi) is 4.84. The van der Waals surface area contributed by atoms with Crippen LogP contribution in [-0.2, 0) is 0 Å². The number of nitrogens with one attached hydrogen (secondary N) is 1. The van der Waals surface area contributed by atoms with Crippen molar-refractivity contribution in [1.82, 2.24) is 4.90 Å². The van der Waals surface area contributed by atoms with E-state index in [2.05, 4.69) is 5.32 Å². The number of nitro groups is 1. The van der Waals surface area contributed by atoms with E-state index in [1.165, 1.54) is 6.07 Å². The van der Waals surface area contributed by atoms with Gasteiger partial charge in [0, 0.05) is 42.8 Å². The number of hydrogen-bond acceptors (Lipinski definition) is 5. The predicted octanol–water partition coefficient (Wildman–Crippen LogP) is 2.22. The van der Waals surface area contributed by atoms with Gasteiger partial charge in [-0.3, -0.25) is 14.9 Å². The van der Waals surface area contributed by atoms with Crippen molar-refractivity contribution in [3.05, 3.63) is 33.9 Å². The van der Waals surface area contributed by atoms with E-state index in [1.54, 1.807) is 17.0 Å². The summed E-state index contributed by atoms with van der Waals surface area (Å²) in [6.07, 6.45) is 0. The molecule has 0 aliphatic carbocycles. The van der Waals surface area contributed by atoms with Crippen LogP contribution in [0.4, 0.5) is 11.4 Å². The van der Waals surface area contributed by atoms with Gasteiger partial charge in [0.25, 0.3) is 11.6 Å². The second-order valence-corrected chi connectivity index (χ2v) is 5.65. The molecule has 0 atom stereocenters. The van der Waals surface area contributed by atoms with Gasteiger partial charge in [-0.05, 0) is 19.1 Å². The van der Waals surface area contributed by atoms with Crippen LogP contribution >= 0.6 is 11.8 Å². The fourth-order valence-corrected chi connectivity index (χ4v) is 3.01. The van der Waals surface area contributed by atoms with E-state index in [-0.39, 0.29) is 11.6 Å². The summed E-state index contributed by atoms with van der Waals surface area (Å²) < 4.78 is 0. The number of hydrogen-bond donors (Lipinski definition) is 1. The number of carbonyl (C=O) groups is 1. The highest BCUT2D eigenvalue weighted by Gasteiger charge is 2.22. The number of rotatable bonds is 4. The largest absolute Gasteiger partial charge is 0.380 e. The first kappa shape index (κ1) is 14.6. The van der Waals surface area contributed by atoms with Gasteiger partial charge < -0.3 is 10.2 Å². The first-order valence-corrected chi connectivity index (χ1v) is 7.68. The summed E-state index contributed by atoms with van der Waals surface area (Å²) in [4.78, 5) is 24.7. The molecule has 1 amide bonds. The zero-order chi connectivity index (χ0) is 14.5. The number of carbonyl (C=O) groups excluding carboxylic acids is 1. The molecule has 0 aromatic heterocycles. The van der Waals surface area contributed by atoms with Gasteiger partial charge >= 0.3 is 0 Å². The highest BCUT2D eigenvalue weighted by Crippen LogP contribution is 2.26. The number of thioether (sulfide) groups is 1. The molecule has 1 aromatic rings. The van der Waals surface area contributed by atoms with E-state index in [1.807, 2.05) is 18.7 Å². The smallest absolute Gasteiger partial charge is 0.293 e. The fraction of sp³-hybridized carbons (Fsp3) is 0.462. The van der Waals surface area contributed by atoms with Crippen LogP contribution in [0, 0.1) is 10.1 Å². The summed E-state index contributed by atoms with van der Waals surface area (Å²) in [6.45, 7) is 3.87. The number of benzene rings is 1. The molecule has 1 saturated heterocycles. The number of amides is 1. The summed E-state index contributed by atoms with van der Waals surface area (Å²) in [5.74, 6) is 1.71. The van der Waals surface area contributed by atoms with Crippen LogP contribution in [0.1, 0.15) is 17.3 Å². The maximum atomic E-state index is 12.3. The van der Waals surface area contributed by atoms with Crippen molar-refractivity contribution < 1.29 is 9.72 Å². The summed E-state index contributed by atoms with van der Waals surface area (Å²) in [5, 5.41) is 14.0. The average Bonchev–Trinajstić information content (AvgIpc) is 2.48. The highest BCUT2D eigenvalue weighted by atomic mass is 32.2. The van der Waals surface area contributed by atoms with Crippen molar-refractivity contribution in [2.75, 3.05) is 36.5 Å². The van der Waals surface area contributed by atoms with Gasteiger partial charge in [-0.2, -0.15) is 11.8 Å². The molecule has 0 radical (unpaired) electrons. The number of nitrogens with zero attached hydrogens (tertiary/aromatic N) is 2. The van der Waals surface area contributed by atoms with Crippen LogP contribution in [0.25, 0.3) is 0 Å². The van der Waals surface area contributed by atoms with E-state index in [9.17, 15) is 14.9 Å². The molecule has 20 heavy (non-hydrogen) atoms. The van der Waals surface area contributed by atoms with Crippen molar-refractivity contribution >= 4 is 29.0 Å². The van der Waals surface area contributed by atoms with Crippen LogP contribution in [0.2, 0.25) is 0 Å². The van der Waals surface area contributed by atoms with E-state index in [4.69, 9.17) is 0 Å². The quantitative estimate of drug-likeness (QED) is 0.681. The monoisotopic (exact) mass is 295 g/mol. The van der Waals surface area contributed by atoms with E-state index < -0.39 is 4.92 Å². The molecule has 1 fully saturated rings. The Labute approximate surface area is 121 Å². The van der Waals surface area contributed by atoms with E-state index in [0.717, 1.165) is 11.5 Å². The van der Waals surface area contributed by atoms with Crippen molar-refractivity contribution in [2.24, 2.45) is 0 Å². The molecular formula is C13H17N3O3S. The summed E-state index contributed by atoms with van der Waals surface area (Å²) in [6, 6.07) is 4.62. The van der Waals surface area contributed by atoms with Crippen LogP contribution < -0.4 is 5.32 Å². The molecule has 1 aliphatic heterocycles. The van der Waals surface area contributed by atoms with Crippen LogP contribution in [-0.4, -0.2) is 46.9 Å². The topological polar surface area (TPSA) is 75.5 Å². The molecule has 1 aromatic carbocycles. The van der Waals surface area contributed by atoms with Crippen molar-refractivity contribution in [3.8, 4) is 0 Å². The molecule has 0 unspecified atom stereocenters. The lowest BCUT2D eigenvalue weighted by Crippen LogP contribution is -2.37. The third kappa shape index (κ3) is 3.22. The Balaban J connectivity index is 2.25. The van der Waals surface area contributed by atoms with Gasteiger partial charge in [0.05, 0.1) is 4.92 Å². The van der Waals surface area contributed by atoms with Gasteiger partial charge in [-0.25, -0.2) is 0 Å². The minimum absolute atomic E-state index is 0.0518. The lowest BCUT2D eigenvalue weighted by molar-refractivity contribution is -0.384. The molecule has 1 N–H and O–H groups in total. The molecule has 2 rings (SSSR count). The molecular weight excluding hydrogens is 278 g/mol. The van der Waals surface area contributed by atoms with Gasteiger partial charge in [0.1, 0.15) is 5.69 Å². The highest BCUT2D eigenvalue weighted by molar-refractivity contribution is 7.99. The third-order valence-electron chi connectivity index (χ3n) is 3.11. The van der Waals surface area contributed by atoms with E-state index in [0.29, 0.717) is 30.9 Å². The van der Waals surface area contributed by atoms with Crippen molar-refractivity contribution in [2.45, 2.75) is 6.92 Å². The van der Waals surface area contributed by atoms with Crippen molar-refractivity contribution in [3.63, 3.8) is 0 Å². The SMILES string of the molecule is CCNc1ccc(C(=O)N2CCSCC2)cc1[N+](=O)[O-]. The minimum Gasteiger partial charge on any atom is -0.380 e. The molecule has 0 saturated carbocycles. The zero-order valence-electron chi connectivity index (χ0n) is 11.3. The van der Waals surface area contributed by atoms with Crippen LogP contribution in [0.15, 0.2) is 18.2 Å². The fourth-order valence-electron chi connectivity index (χ4n) is 2.10. The zero-order valence-corrected chi connectivity index (χ0v) is 12.1. The van der Waals surface area contributed by atoms with Gasteiger partial charge in [-0.1, -0.05) is 0 Å². The molecule has 6 nitrogen and oxygen atoms in total. The van der Waals surface area contributed by atoms with Gasteiger partial charge in [-0.15, -0.1) is 0 Å². The van der Waals surface area contributed by atoms with Gasteiger partial charge in [0.15, 0.2) is 0 Å². The molecule has 0 bridgehead atoms. The first-order chi connectivity index (χ1) is 9.63. The summed E-state index contributed by atoms with van der Waals surface area (Å²) in [7, 11) is 0. The summed E-state index contributed by atoms with van der Waals surface area (Å²) in [5.41, 5.74) is 0.776. The van der Waals surface area contributed by atoms with Gasteiger partial charge in [0.2, 0.25) is 0 Å². The number of anilines is 1.